The topological polar surface area (TPSA) is 67.2 Å². The highest BCUT2D eigenvalue weighted by Crippen LogP contribution is 2.63. The predicted molar refractivity (Wildman–Crippen MR) is 91.1 cm³/mol. The summed E-state index contributed by atoms with van der Waals surface area (Å²) in [4.78, 5) is 0.181. The summed E-state index contributed by atoms with van der Waals surface area (Å²) in [5.41, 5.74) is -0.533. The number of nitriles is 1. The molecule has 0 aromatic heterocycles. The van der Waals surface area contributed by atoms with Crippen LogP contribution >= 0.6 is 0 Å². The normalized spacial score (nSPS) is 25.3. The van der Waals surface area contributed by atoms with Gasteiger partial charge in [-0.1, -0.05) is 30.3 Å². The average Bonchev–Trinajstić information content (AvgIpc) is 3.31. The predicted octanol–water partition coefficient (Wildman–Crippen LogP) is 3.31. The number of ether oxygens (including phenoxy) is 1. The van der Waals surface area contributed by atoms with Crippen LogP contribution in [0.15, 0.2) is 59.5 Å². The highest BCUT2D eigenvalue weighted by molar-refractivity contribution is 7.92. The van der Waals surface area contributed by atoms with E-state index in [2.05, 4.69) is 6.07 Å². The van der Waals surface area contributed by atoms with Gasteiger partial charge in [-0.05, 0) is 36.8 Å². The molecule has 0 bridgehead atoms. The Hall–Kier alpha value is -2.23. The first-order valence-electron chi connectivity index (χ1n) is 8.01. The molecular weight excluding hydrogens is 341 g/mol. The van der Waals surface area contributed by atoms with Gasteiger partial charge in [-0.2, -0.15) is 5.26 Å². The van der Waals surface area contributed by atoms with E-state index in [9.17, 15) is 18.1 Å². The molecule has 4 nitrogen and oxygen atoms in total. The van der Waals surface area contributed by atoms with Crippen molar-refractivity contribution >= 4 is 9.84 Å². The third-order valence-electron chi connectivity index (χ3n) is 4.64. The second-order valence-electron chi connectivity index (χ2n) is 6.10. The van der Waals surface area contributed by atoms with Crippen molar-refractivity contribution in [1.29, 1.82) is 5.26 Å². The smallest absolute Gasteiger partial charge is 0.183 e. The second kappa shape index (κ2) is 6.58. The molecular formula is C19H18FNO3S. The zero-order chi connectivity index (χ0) is 18.1. The highest BCUT2D eigenvalue weighted by atomic mass is 32.2. The third-order valence-corrected chi connectivity index (χ3v) is 6.94. The van der Waals surface area contributed by atoms with Crippen LogP contribution in [0.2, 0.25) is 0 Å². The molecule has 0 heterocycles. The van der Waals surface area contributed by atoms with Gasteiger partial charge in [-0.15, -0.1) is 0 Å². The van der Waals surface area contributed by atoms with Crippen LogP contribution in [-0.2, 0) is 14.6 Å². The van der Waals surface area contributed by atoms with Gasteiger partial charge >= 0.3 is 0 Å². The van der Waals surface area contributed by atoms with Crippen LogP contribution in [0.1, 0.15) is 18.4 Å². The molecule has 25 heavy (non-hydrogen) atoms. The molecule has 0 aliphatic heterocycles. The van der Waals surface area contributed by atoms with Crippen molar-refractivity contribution in [1.82, 2.24) is 0 Å². The Morgan fingerprint density at radius 1 is 1.16 bits per heavy atom. The van der Waals surface area contributed by atoms with Crippen molar-refractivity contribution < 1.29 is 17.5 Å². The van der Waals surface area contributed by atoms with Crippen molar-refractivity contribution in [3.63, 3.8) is 0 Å². The number of hydrogen-bond donors (Lipinski definition) is 0. The van der Waals surface area contributed by atoms with Gasteiger partial charge in [-0.3, -0.25) is 0 Å². The highest BCUT2D eigenvalue weighted by Gasteiger charge is 2.72. The molecule has 6 heteroatoms. The number of hydrogen-bond acceptors (Lipinski definition) is 4. The molecule has 1 saturated carbocycles. The zero-order valence-electron chi connectivity index (χ0n) is 13.7. The van der Waals surface area contributed by atoms with Gasteiger partial charge in [0.25, 0.3) is 0 Å². The Morgan fingerprint density at radius 3 is 2.36 bits per heavy atom. The van der Waals surface area contributed by atoms with Gasteiger partial charge in [-0.25, -0.2) is 12.8 Å². The fourth-order valence-electron chi connectivity index (χ4n) is 3.37. The first kappa shape index (κ1) is 17.6. The standard InChI is InChI=1S/C19H18FNO3S/c1-2-24-13-19(12-21)17(14-8-10-15(20)11-9-14)18(19)25(22,23)16-6-4-3-5-7-16/h3-11,17-18H,2,13H2,1H3. The quantitative estimate of drug-likeness (QED) is 0.794. The summed E-state index contributed by atoms with van der Waals surface area (Å²) in [6.45, 7) is 2.21. The van der Waals surface area contributed by atoms with Crippen LogP contribution in [0, 0.1) is 22.6 Å². The summed E-state index contributed by atoms with van der Waals surface area (Å²) in [7, 11) is -3.72. The molecule has 0 spiro atoms. The van der Waals surface area contributed by atoms with Crippen molar-refractivity contribution in [2.24, 2.45) is 5.41 Å². The van der Waals surface area contributed by atoms with E-state index in [-0.39, 0.29) is 11.5 Å². The van der Waals surface area contributed by atoms with E-state index in [1.165, 1.54) is 24.3 Å². The summed E-state index contributed by atoms with van der Waals surface area (Å²) in [5.74, 6) is -0.950. The summed E-state index contributed by atoms with van der Waals surface area (Å²) >= 11 is 0. The van der Waals surface area contributed by atoms with Gasteiger partial charge in [0.2, 0.25) is 0 Å². The number of sulfone groups is 1. The molecule has 3 atom stereocenters. The van der Waals surface area contributed by atoms with Crippen molar-refractivity contribution in [3.8, 4) is 6.07 Å². The summed E-state index contributed by atoms with van der Waals surface area (Å²) < 4.78 is 44.9. The van der Waals surface area contributed by atoms with Crippen LogP contribution in [0.4, 0.5) is 4.39 Å². The van der Waals surface area contributed by atoms with E-state index < -0.39 is 32.2 Å². The molecule has 0 amide bonds. The number of nitrogens with zero attached hydrogens (tertiary/aromatic N) is 1. The van der Waals surface area contributed by atoms with E-state index in [0.717, 1.165) is 0 Å². The van der Waals surface area contributed by atoms with Gasteiger partial charge in [0, 0.05) is 12.5 Å². The third kappa shape index (κ3) is 2.94. The number of rotatable bonds is 6. The maximum atomic E-state index is 13.2. The van der Waals surface area contributed by atoms with E-state index in [1.807, 2.05) is 0 Å². The summed E-state index contributed by atoms with van der Waals surface area (Å²) in [6, 6.07) is 15.9. The Balaban J connectivity index is 2.06. The molecule has 3 rings (SSSR count). The molecule has 0 saturated heterocycles. The van der Waals surface area contributed by atoms with Gasteiger partial charge in [0.1, 0.15) is 11.2 Å². The van der Waals surface area contributed by atoms with E-state index in [4.69, 9.17) is 4.74 Å². The van der Waals surface area contributed by atoms with Crippen molar-refractivity contribution in [2.75, 3.05) is 13.2 Å². The first-order valence-corrected chi connectivity index (χ1v) is 9.55. The minimum atomic E-state index is -3.72. The lowest BCUT2D eigenvalue weighted by atomic mass is 10.0. The van der Waals surface area contributed by atoms with Crippen LogP contribution in [0.3, 0.4) is 0 Å². The van der Waals surface area contributed by atoms with Crippen LogP contribution < -0.4 is 0 Å². The lowest BCUT2D eigenvalue weighted by Gasteiger charge is -2.09. The lowest BCUT2D eigenvalue weighted by Crippen LogP contribution is -2.19. The average molecular weight is 359 g/mol. The minimum absolute atomic E-state index is 0.0266. The zero-order valence-corrected chi connectivity index (χ0v) is 14.5. The Bertz CT molecular complexity index is 891. The van der Waals surface area contributed by atoms with E-state index in [1.54, 1.807) is 37.3 Å². The monoisotopic (exact) mass is 359 g/mol. The summed E-state index contributed by atoms with van der Waals surface area (Å²) in [6.07, 6.45) is 0. The maximum absolute atomic E-state index is 13.2. The minimum Gasteiger partial charge on any atom is -0.380 e. The van der Waals surface area contributed by atoms with Crippen molar-refractivity contribution in [3.05, 3.63) is 66.0 Å². The molecule has 2 aromatic carbocycles. The second-order valence-corrected chi connectivity index (χ2v) is 8.17. The fourth-order valence-corrected chi connectivity index (χ4v) is 5.70. The van der Waals surface area contributed by atoms with Gasteiger partial charge in [0.05, 0.1) is 22.8 Å². The van der Waals surface area contributed by atoms with Crippen LogP contribution in [0.25, 0.3) is 0 Å². The van der Waals surface area contributed by atoms with Gasteiger partial charge in [0.15, 0.2) is 9.84 Å². The molecule has 1 aliphatic rings. The Kier molecular flexibility index (Phi) is 4.63. The van der Waals surface area contributed by atoms with Crippen molar-refractivity contribution in [2.45, 2.75) is 23.0 Å². The molecule has 1 aliphatic carbocycles. The number of benzene rings is 2. The fraction of sp³-hybridized carbons (Fsp3) is 0.316. The molecule has 2 aromatic rings. The van der Waals surface area contributed by atoms with Gasteiger partial charge < -0.3 is 4.74 Å². The van der Waals surface area contributed by atoms with E-state index >= 15 is 0 Å². The molecule has 0 N–H and O–H groups in total. The number of halogens is 1. The van der Waals surface area contributed by atoms with Crippen LogP contribution in [-0.4, -0.2) is 26.9 Å². The Labute approximate surface area is 146 Å². The SMILES string of the molecule is CCOCC1(C#N)C(c2ccc(F)cc2)C1S(=O)(=O)c1ccccc1. The summed E-state index contributed by atoms with van der Waals surface area (Å²) in [5, 5.41) is 8.87. The molecule has 1 fully saturated rings. The first-order chi connectivity index (χ1) is 12.0. The van der Waals surface area contributed by atoms with E-state index in [0.29, 0.717) is 12.2 Å². The maximum Gasteiger partial charge on any atom is 0.183 e. The lowest BCUT2D eigenvalue weighted by molar-refractivity contribution is 0.117. The molecule has 130 valence electrons. The molecule has 3 unspecified atom stereocenters. The van der Waals surface area contributed by atoms with Crippen LogP contribution in [0.5, 0.6) is 0 Å². The molecule has 0 radical (unpaired) electrons. The Morgan fingerprint density at radius 2 is 1.80 bits per heavy atom. The largest absolute Gasteiger partial charge is 0.380 e.